The molecule has 1 aliphatic rings. The van der Waals surface area contributed by atoms with E-state index in [9.17, 15) is 13.2 Å². The van der Waals surface area contributed by atoms with Crippen LogP contribution in [0.15, 0.2) is 24.3 Å². The molecule has 1 N–H and O–H groups in total. The molecule has 0 amide bonds. The van der Waals surface area contributed by atoms with Gasteiger partial charge >= 0.3 is 6.18 Å². The van der Waals surface area contributed by atoms with Gasteiger partial charge in [0.15, 0.2) is 0 Å². The molecule has 1 fully saturated rings. The maximum atomic E-state index is 12.5. The fraction of sp³-hybridized carbons (Fsp3) is 0.500. The van der Waals surface area contributed by atoms with Crippen molar-refractivity contribution in [2.75, 3.05) is 13.1 Å². The lowest BCUT2D eigenvalue weighted by molar-refractivity contribution is -0.137. The van der Waals surface area contributed by atoms with E-state index in [1.807, 2.05) is 0 Å². The normalized spacial score (nSPS) is 17.1. The summed E-state index contributed by atoms with van der Waals surface area (Å²) in [7, 11) is 0. The summed E-state index contributed by atoms with van der Waals surface area (Å²) < 4.78 is 43.0. The number of hydrogen-bond acceptors (Lipinski definition) is 2. The van der Waals surface area contributed by atoms with E-state index in [0.29, 0.717) is 5.75 Å². The third-order valence-corrected chi connectivity index (χ3v) is 2.75. The molecular formula is C12H15ClF3NO. The van der Waals surface area contributed by atoms with E-state index < -0.39 is 11.7 Å². The Morgan fingerprint density at radius 2 is 1.83 bits per heavy atom. The fourth-order valence-electron chi connectivity index (χ4n) is 1.85. The van der Waals surface area contributed by atoms with Crippen LogP contribution in [0.1, 0.15) is 18.4 Å². The Kier molecular flexibility index (Phi) is 5.28. The van der Waals surface area contributed by atoms with E-state index in [1.165, 1.54) is 6.07 Å². The molecule has 1 aromatic carbocycles. The Morgan fingerprint density at radius 3 is 2.44 bits per heavy atom. The first kappa shape index (κ1) is 15.1. The summed E-state index contributed by atoms with van der Waals surface area (Å²) in [6.07, 6.45) is -2.64. The lowest BCUT2D eigenvalue weighted by Crippen LogP contribution is -2.34. The fourth-order valence-corrected chi connectivity index (χ4v) is 1.85. The zero-order valence-electron chi connectivity index (χ0n) is 9.67. The largest absolute Gasteiger partial charge is 0.490 e. The van der Waals surface area contributed by atoms with Gasteiger partial charge < -0.3 is 10.1 Å². The predicted molar refractivity (Wildman–Crippen MR) is 65.2 cm³/mol. The highest BCUT2D eigenvalue weighted by Crippen LogP contribution is 2.31. The Balaban J connectivity index is 0.00000162. The van der Waals surface area contributed by atoms with Crippen LogP contribution < -0.4 is 10.1 Å². The van der Waals surface area contributed by atoms with Gasteiger partial charge in [0.2, 0.25) is 0 Å². The van der Waals surface area contributed by atoms with E-state index in [-0.39, 0.29) is 18.5 Å². The second-order valence-electron chi connectivity index (χ2n) is 4.09. The van der Waals surface area contributed by atoms with E-state index in [2.05, 4.69) is 5.32 Å². The monoisotopic (exact) mass is 281 g/mol. The van der Waals surface area contributed by atoms with Crippen molar-refractivity contribution in [3.8, 4) is 5.75 Å². The molecule has 0 atom stereocenters. The molecule has 2 nitrogen and oxygen atoms in total. The summed E-state index contributed by atoms with van der Waals surface area (Å²) in [5, 5.41) is 3.18. The first-order chi connectivity index (χ1) is 8.05. The quantitative estimate of drug-likeness (QED) is 0.898. The van der Waals surface area contributed by atoms with E-state index in [0.717, 1.165) is 38.1 Å². The predicted octanol–water partition coefficient (Wildman–Crippen LogP) is 3.26. The molecule has 0 unspecified atom stereocenters. The summed E-state index contributed by atoms with van der Waals surface area (Å²) in [4.78, 5) is 0. The zero-order valence-corrected chi connectivity index (χ0v) is 10.5. The van der Waals surface area contributed by atoms with Crippen molar-refractivity contribution in [1.29, 1.82) is 0 Å². The van der Waals surface area contributed by atoms with E-state index >= 15 is 0 Å². The van der Waals surface area contributed by atoms with Crippen LogP contribution in [-0.2, 0) is 6.18 Å². The Morgan fingerprint density at radius 1 is 1.17 bits per heavy atom. The molecule has 0 bridgehead atoms. The van der Waals surface area contributed by atoms with Gasteiger partial charge in [-0.25, -0.2) is 0 Å². The maximum absolute atomic E-state index is 12.5. The highest BCUT2D eigenvalue weighted by atomic mass is 35.5. The zero-order chi connectivity index (χ0) is 12.3. The highest BCUT2D eigenvalue weighted by Gasteiger charge is 2.30. The van der Waals surface area contributed by atoms with Gasteiger partial charge in [-0.3, -0.25) is 0 Å². The Labute approximate surface area is 110 Å². The molecule has 0 saturated carbocycles. The lowest BCUT2D eigenvalue weighted by atomic mass is 10.1. The van der Waals surface area contributed by atoms with Crippen LogP contribution in [-0.4, -0.2) is 19.2 Å². The number of benzene rings is 1. The van der Waals surface area contributed by atoms with Gasteiger partial charge in [0.1, 0.15) is 11.9 Å². The highest BCUT2D eigenvalue weighted by molar-refractivity contribution is 5.85. The third kappa shape index (κ3) is 4.07. The molecule has 18 heavy (non-hydrogen) atoms. The van der Waals surface area contributed by atoms with E-state index in [1.54, 1.807) is 6.07 Å². The second-order valence-corrected chi connectivity index (χ2v) is 4.09. The van der Waals surface area contributed by atoms with Crippen molar-refractivity contribution >= 4 is 12.4 Å². The number of rotatable bonds is 2. The smallest absolute Gasteiger partial charge is 0.416 e. The summed E-state index contributed by atoms with van der Waals surface area (Å²) in [6.45, 7) is 1.70. The standard InChI is InChI=1S/C12H14F3NO.ClH/c13-12(14,15)9-2-1-3-11(8-9)17-10-4-6-16-7-5-10;/h1-3,8,10,16H,4-7H2;1H. The van der Waals surface area contributed by atoms with Crippen molar-refractivity contribution < 1.29 is 17.9 Å². The minimum atomic E-state index is -4.31. The molecule has 1 aromatic rings. The first-order valence-electron chi connectivity index (χ1n) is 5.60. The molecule has 0 aliphatic carbocycles. The molecule has 0 radical (unpaired) electrons. The van der Waals surface area contributed by atoms with Gasteiger partial charge in [0, 0.05) is 0 Å². The molecule has 1 heterocycles. The third-order valence-electron chi connectivity index (χ3n) is 2.75. The van der Waals surface area contributed by atoms with Gasteiger partial charge in [-0.2, -0.15) is 13.2 Å². The number of hydrogen-bond donors (Lipinski definition) is 1. The van der Waals surface area contributed by atoms with Crippen LogP contribution in [0.4, 0.5) is 13.2 Å². The number of nitrogens with one attached hydrogen (secondary N) is 1. The van der Waals surface area contributed by atoms with Crippen molar-refractivity contribution in [3.05, 3.63) is 29.8 Å². The number of piperidine rings is 1. The summed E-state index contributed by atoms with van der Waals surface area (Å²) in [6, 6.07) is 5.05. The SMILES string of the molecule is Cl.FC(F)(F)c1cccc(OC2CCNCC2)c1. The Bertz CT molecular complexity index is 378. The van der Waals surface area contributed by atoms with Crippen LogP contribution in [0, 0.1) is 0 Å². The molecule has 1 saturated heterocycles. The van der Waals surface area contributed by atoms with Gasteiger partial charge in [-0.15, -0.1) is 12.4 Å². The summed E-state index contributed by atoms with van der Waals surface area (Å²) in [5.41, 5.74) is -0.663. The minimum Gasteiger partial charge on any atom is -0.490 e. The average Bonchev–Trinajstić information content (AvgIpc) is 2.29. The van der Waals surface area contributed by atoms with Gasteiger partial charge in [-0.1, -0.05) is 6.07 Å². The molecular weight excluding hydrogens is 267 g/mol. The van der Waals surface area contributed by atoms with Crippen molar-refractivity contribution in [1.82, 2.24) is 5.32 Å². The van der Waals surface area contributed by atoms with Crippen LogP contribution in [0.3, 0.4) is 0 Å². The van der Waals surface area contributed by atoms with Crippen LogP contribution >= 0.6 is 12.4 Å². The molecule has 0 spiro atoms. The minimum absolute atomic E-state index is 0. The number of halogens is 4. The second kappa shape index (κ2) is 6.29. The Hall–Kier alpha value is -0.940. The summed E-state index contributed by atoms with van der Waals surface area (Å²) >= 11 is 0. The number of alkyl halides is 3. The summed E-state index contributed by atoms with van der Waals surface area (Å²) in [5.74, 6) is 0.298. The van der Waals surface area contributed by atoms with Crippen molar-refractivity contribution in [2.24, 2.45) is 0 Å². The van der Waals surface area contributed by atoms with Gasteiger partial charge in [0.05, 0.1) is 5.56 Å². The molecule has 2 rings (SSSR count). The molecule has 1 aliphatic heterocycles. The molecule has 0 aromatic heterocycles. The van der Waals surface area contributed by atoms with Crippen molar-refractivity contribution in [2.45, 2.75) is 25.1 Å². The number of ether oxygens (including phenoxy) is 1. The van der Waals surface area contributed by atoms with Crippen LogP contribution in [0.25, 0.3) is 0 Å². The first-order valence-corrected chi connectivity index (χ1v) is 5.60. The van der Waals surface area contributed by atoms with Gasteiger partial charge in [-0.05, 0) is 44.1 Å². The van der Waals surface area contributed by atoms with E-state index in [4.69, 9.17) is 4.74 Å². The maximum Gasteiger partial charge on any atom is 0.416 e. The molecule has 102 valence electrons. The average molecular weight is 282 g/mol. The van der Waals surface area contributed by atoms with Crippen molar-refractivity contribution in [3.63, 3.8) is 0 Å². The topological polar surface area (TPSA) is 21.3 Å². The van der Waals surface area contributed by atoms with Crippen LogP contribution in [0.2, 0.25) is 0 Å². The lowest BCUT2D eigenvalue weighted by Gasteiger charge is -2.24. The van der Waals surface area contributed by atoms with Crippen LogP contribution in [0.5, 0.6) is 5.75 Å². The molecule has 6 heteroatoms. The van der Waals surface area contributed by atoms with Gasteiger partial charge in [0.25, 0.3) is 0 Å².